The third-order valence-electron chi connectivity index (χ3n) is 6.21. The normalized spacial score (nSPS) is 19.2. The van der Waals surface area contributed by atoms with Gasteiger partial charge in [0.25, 0.3) is 5.91 Å². The number of hydrogen-bond donors (Lipinski definition) is 4. The third-order valence-corrected chi connectivity index (χ3v) is 6.21. The van der Waals surface area contributed by atoms with Gasteiger partial charge in [0.2, 0.25) is 0 Å². The molecule has 1 aliphatic heterocycles. The molecule has 4 rings (SSSR count). The number of likely N-dealkylation sites (N-methyl/N-ethyl adjacent to an activating group) is 1. The Labute approximate surface area is 177 Å². The fourth-order valence-electron chi connectivity index (χ4n) is 4.41. The Morgan fingerprint density at radius 2 is 1.83 bits per heavy atom. The average molecular weight is 410 g/mol. The molecule has 3 aromatic rings. The third kappa shape index (κ3) is 3.93. The second kappa shape index (κ2) is 8.13. The largest absolute Gasteiger partial charge is 0.507 e. The minimum atomic E-state index is -0.206. The first-order valence-electron chi connectivity index (χ1n) is 10.6. The molecule has 4 N–H and O–H groups in total. The Morgan fingerprint density at radius 3 is 2.53 bits per heavy atom. The highest BCUT2D eigenvalue weighted by Crippen LogP contribution is 2.34. The molecule has 0 saturated carbocycles. The molecule has 0 unspecified atom stereocenters. The number of carbonyl (C=O) groups excluding carboxylic acids is 1. The second-order valence-corrected chi connectivity index (χ2v) is 8.63. The molecule has 0 spiro atoms. The Bertz CT molecular complexity index is 1090. The number of hydrogen-bond acceptors (Lipinski definition) is 3. The number of benzene rings is 2. The topological polar surface area (TPSA) is 71.3 Å². The molecule has 1 aromatic heterocycles. The van der Waals surface area contributed by atoms with Crippen LogP contribution in [-0.4, -0.2) is 44.2 Å². The van der Waals surface area contributed by atoms with Gasteiger partial charge in [0, 0.05) is 11.1 Å². The van der Waals surface area contributed by atoms with Crippen molar-refractivity contribution < 1.29 is 24.1 Å². The standard InChI is InChI=1S/C24H29N3O3/c1-15-5-6-19(16(2)13-15)25-24(29)22-17(3)30-21-8-7-20(28)18(23(21)22)14-27-11-9-26(4)10-12-27/h5-8,13,28H,9-12,14H2,1-4H3,(H,25,29)/p+2. The smallest absolute Gasteiger partial charge is 0.259 e. The van der Waals surface area contributed by atoms with Crippen molar-refractivity contribution in [3.8, 4) is 5.75 Å². The number of carbonyl (C=O) groups is 1. The van der Waals surface area contributed by atoms with Crippen LogP contribution in [0.4, 0.5) is 5.69 Å². The molecule has 2 heterocycles. The molecule has 1 amide bonds. The number of furan rings is 1. The van der Waals surface area contributed by atoms with Gasteiger partial charge in [-0.25, -0.2) is 0 Å². The first kappa shape index (κ1) is 20.4. The van der Waals surface area contributed by atoms with E-state index in [1.54, 1.807) is 12.1 Å². The summed E-state index contributed by atoms with van der Waals surface area (Å²) in [5.41, 5.74) is 4.90. The van der Waals surface area contributed by atoms with E-state index in [1.807, 2.05) is 39.0 Å². The van der Waals surface area contributed by atoms with Gasteiger partial charge in [-0.1, -0.05) is 17.7 Å². The zero-order valence-corrected chi connectivity index (χ0v) is 18.2. The number of anilines is 1. The summed E-state index contributed by atoms with van der Waals surface area (Å²) in [4.78, 5) is 16.2. The summed E-state index contributed by atoms with van der Waals surface area (Å²) >= 11 is 0. The summed E-state index contributed by atoms with van der Waals surface area (Å²) in [6.45, 7) is 10.8. The fourth-order valence-corrected chi connectivity index (χ4v) is 4.41. The SMILES string of the molecule is Cc1ccc(NC(=O)c2c(C)oc3ccc(O)c(C[NH+]4CC[NH+](C)CC4)c23)c(C)c1. The van der Waals surface area contributed by atoms with Crippen molar-refractivity contribution in [3.05, 3.63) is 58.3 Å². The van der Waals surface area contributed by atoms with Gasteiger partial charge in [0.1, 0.15) is 49.8 Å². The van der Waals surface area contributed by atoms with Crippen LogP contribution in [0.2, 0.25) is 0 Å². The Hall–Kier alpha value is -2.83. The number of fused-ring (bicyclic) bond motifs is 1. The van der Waals surface area contributed by atoms with Crippen LogP contribution < -0.4 is 15.1 Å². The highest BCUT2D eigenvalue weighted by Gasteiger charge is 2.27. The Morgan fingerprint density at radius 1 is 1.10 bits per heavy atom. The average Bonchev–Trinajstić information content (AvgIpc) is 3.04. The van der Waals surface area contributed by atoms with Gasteiger partial charge in [-0.15, -0.1) is 0 Å². The van der Waals surface area contributed by atoms with Crippen molar-refractivity contribution in [2.75, 3.05) is 38.5 Å². The summed E-state index contributed by atoms with van der Waals surface area (Å²) in [7, 11) is 2.21. The molecule has 30 heavy (non-hydrogen) atoms. The highest BCUT2D eigenvalue weighted by atomic mass is 16.3. The first-order valence-corrected chi connectivity index (χ1v) is 10.6. The van der Waals surface area contributed by atoms with E-state index in [4.69, 9.17) is 4.42 Å². The lowest BCUT2D eigenvalue weighted by Crippen LogP contribution is -3.26. The number of nitrogens with one attached hydrogen (secondary N) is 3. The van der Waals surface area contributed by atoms with Gasteiger partial charge in [-0.3, -0.25) is 4.79 Å². The van der Waals surface area contributed by atoms with Crippen molar-refractivity contribution >= 4 is 22.6 Å². The van der Waals surface area contributed by atoms with E-state index in [1.165, 1.54) is 9.80 Å². The van der Waals surface area contributed by atoms with E-state index < -0.39 is 0 Å². The van der Waals surface area contributed by atoms with Crippen molar-refractivity contribution in [1.29, 1.82) is 0 Å². The summed E-state index contributed by atoms with van der Waals surface area (Å²) in [6.07, 6.45) is 0. The highest BCUT2D eigenvalue weighted by molar-refractivity contribution is 6.14. The van der Waals surface area contributed by atoms with Crippen molar-refractivity contribution in [3.63, 3.8) is 0 Å². The van der Waals surface area contributed by atoms with E-state index in [-0.39, 0.29) is 11.7 Å². The number of quaternary nitrogens is 2. The van der Waals surface area contributed by atoms with E-state index in [0.717, 1.165) is 53.9 Å². The number of piperazine rings is 1. The molecule has 0 aliphatic carbocycles. The van der Waals surface area contributed by atoms with Crippen LogP contribution in [0.1, 0.15) is 32.8 Å². The van der Waals surface area contributed by atoms with Gasteiger partial charge in [-0.2, -0.15) is 0 Å². The minimum absolute atomic E-state index is 0.206. The number of aryl methyl sites for hydroxylation is 3. The van der Waals surface area contributed by atoms with E-state index >= 15 is 0 Å². The van der Waals surface area contributed by atoms with Gasteiger partial charge in [0.15, 0.2) is 0 Å². The fraction of sp³-hybridized carbons (Fsp3) is 0.375. The van der Waals surface area contributed by atoms with Crippen LogP contribution in [0.15, 0.2) is 34.7 Å². The molecule has 2 aromatic carbocycles. The molecule has 6 nitrogen and oxygen atoms in total. The number of aromatic hydroxyl groups is 1. The van der Waals surface area contributed by atoms with Crippen LogP contribution in [-0.2, 0) is 6.54 Å². The van der Waals surface area contributed by atoms with Gasteiger partial charge in [-0.05, 0) is 44.5 Å². The molecule has 6 heteroatoms. The molecular formula is C24H31N3O3+2. The van der Waals surface area contributed by atoms with Gasteiger partial charge < -0.3 is 24.6 Å². The van der Waals surface area contributed by atoms with Crippen LogP contribution in [0, 0.1) is 20.8 Å². The lowest BCUT2D eigenvalue weighted by Gasteiger charge is -2.27. The summed E-state index contributed by atoms with van der Waals surface area (Å²) < 4.78 is 5.92. The molecule has 0 bridgehead atoms. The van der Waals surface area contributed by atoms with Crippen LogP contribution >= 0.6 is 0 Å². The first-order chi connectivity index (χ1) is 14.3. The molecule has 1 aliphatic rings. The summed E-state index contributed by atoms with van der Waals surface area (Å²) in [5, 5.41) is 14.4. The minimum Gasteiger partial charge on any atom is -0.507 e. The maximum atomic E-state index is 13.3. The zero-order chi connectivity index (χ0) is 21.4. The maximum Gasteiger partial charge on any atom is 0.259 e. The predicted molar refractivity (Wildman–Crippen MR) is 118 cm³/mol. The van der Waals surface area contributed by atoms with Crippen LogP contribution in [0.3, 0.4) is 0 Å². The second-order valence-electron chi connectivity index (χ2n) is 8.63. The molecular weight excluding hydrogens is 378 g/mol. The monoisotopic (exact) mass is 409 g/mol. The van der Waals surface area contributed by atoms with Crippen LogP contribution in [0.5, 0.6) is 5.75 Å². The number of amides is 1. The molecule has 1 fully saturated rings. The number of phenols is 1. The lowest BCUT2D eigenvalue weighted by atomic mass is 10.0. The number of rotatable bonds is 4. The maximum absolute atomic E-state index is 13.3. The number of phenolic OH excluding ortho intramolecular Hbond substituents is 1. The van der Waals surface area contributed by atoms with E-state index in [2.05, 4.69) is 12.4 Å². The van der Waals surface area contributed by atoms with E-state index in [9.17, 15) is 9.90 Å². The lowest BCUT2D eigenvalue weighted by molar-refractivity contribution is -1.01. The van der Waals surface area contributed by atoms with Gasteiger partial charge >= 0.3 is 0 Å². The predicted octanol–water partition coefficient (Wildman–Crippen LogP) is 1.23. The van der Waals surface area contributed by atoms with Crippen molar-refractivity contribution in [1.82, 2.24) is 0 Å². The molecule has 0 radical (unpaired) electrons. The Balaban J connectivity index is 1.71. The van der Waals surface area contributed by atoms with E-state index in [0.29, 0.717) is 23.5 Å². The molecule has 1 saturated heterocycles. The van der Waals surface area contributed by atoms with Crippen molar-refractivity contribution in [2.45, 2.75) is 27.3 Å². The summed E-state index contributed by atoms with van der Waals surface area (Å²) in [6, 6.07) is 9.38. The molecule has 0 atom stereocenters. The quantitative estimate of drug-likeness (QED) is 0.524. The van der Waals surface area contributed by atoms with Crippen molar-refractivity contribution in [2.24, 2.45) is 0 Å². The molecule has 158 valence electrons. The Kier molecular flexibility index (Phi) is 5.54. The van der Waals surface area contributed by atoms with Crippen LogP contribution in [0.25, 0.3) is 11.0 Å². The summed E-state index contributed by atoms with van der Waals surface area (Å²) in [5.74, 6) is 0.586. The zero-order valence-electron chi connectivity index (χ0n) is 18.2. The van der Waals surface area contributed by atoms with Gasteiger partial charge in [0.05, 0.1) is 18.2 Å².